The van der Waals surface area contributed by atoms with Gasteiger partial charge >= 0.3 is 0 Å². The van der Waals surface area contributed by atoms with Gasteiger partial charge in [-0.3, -0.25) is 14.4 Å². The number of nitrogens with one attached hydrogen (secondary N) is 3. The molecule has 0 saturated carbocycles. The molecule has 0 spiro atoms. The van der Waals surface area contributed by atoms with Crippen molar-refractivity contribution in [2.75, 3.05) is 39.7 Å². The average Bonchev–Trinajstić information content (AvgIpc) is 3.54. The van der Waals surface area contributed by atoms with Crippen molar-refractivity contribution in [3.63, 3.8) is 0 Å². The van der Waals surface area contributed by atoms with Gasteiger partial charge < -0.3 is 26.6 Å². The van der Waals surface area contributed by atoms with Gasteiger partial charge in [0.05, 0.1) is 24.5 Å². The summed E-state index contributed by atoms with van der Waals surface area (Å²) in [5.41, 5.74) is 10.4. The number of anilines is 5. The molecule has 0 fully saturated rings. The van der Waals surface area contributed by atoms with Crippen LogP contribution in [0.2, 0.25) is 0 Å². The van der Waals surface area contributed by atoms with E-state index in [0.717, 1.165) is 10.4 Å². The minimum atomic E-state index is -0.327. The topological polar surface area (TPSA) is 117 Å². The third-order valence-corrected chi connectivity index (χ3v) is 7.30. The van der Waals surface area contributed by atoms with Crippen molar-refractivity contribution in [1.29, 1.82) is 0 Å². The molecule has 3 amide bonds. The van der Waals surface area contributed by atoms with E-state index in [1.807, 2.05) is 66.0 Å². The molecule has 1 heterocycles. The molecule has 9 heteroatoms. The molecule has 42 heavy (non-hydrogen) atoms. The Morgan fingerprint density at radius 1 is 0.667 bits per heavy atom. The van der Waals surface area contributed by atoms with Crippen LogP contribution >= 0.6 is 11.3 Å². The molecule has 0 saturated heterocycles. The number of hydrogen-bond acceptors (Lipinski definition) is 6. The summed E-state index contributed by atoms with van der Waals surface area (Å²) in [5.74, 6) is -0.889. The van der Waals surface area contributed by atoms with Crippen molar-refractivity contribution in [1.82, 2.24) is 0 Å². The van der Waals surface area contributed by atoms with Crippen LogP contribution in [-0.2, 0) is 9.59 Å². The van der Waals surface area contributed by atoms with E-state index in [1.165, 1.54) is 0 Å². The zero-order chi connectivity index (χ0) is 29.3. The average molecular weight is 576 g/mol. The van der Waals surface area contributed by atoms with Crippen molar-refractivity contribution < 1.29 is 14.4 Å². The molecule has 5 N–H and O–H groups in total. The first-order valence-electron chi connectivity index (χ1n) is 13.2. The zero-order valence-corrected chi connectivity index (χ0v) is 23.4. The Morgan fingerprint density at radius 2 is 1.26 bits per heavy atom. The molecule has 5 rings (SSSR count). The van der Waals surface area contributed by atoms with Crippen LogP contribution in [0.3, 0.4) is 0 Å². The Kier molecular flexibility index (Phi) is 8.91. The second-order valence-electron chi connectivity index (χ2n) is 9.46. The Bertz CT molecular complexity index is 1600. The molecule has 210 valence electrons. The molecule has 0 radical (unpaired) electrons. The maximum atomic E-state index is 13.1. The highest BCUT2D eigenvalue weighted by Gasteiger charge is 2.17. The molecule has 0 aliphatic carbocycles. The van der Waals surface area contributed by atoms with Crippen LogP contribution in [0.25, 0.3) is 10.4 Å². The lowest BCUT2D eigenvalue weighted by Crippen LogP contribution is -2.39. The molecular formula is C33H29N5O3S. The molecule has 0 aliphatic rings. The van der Waals surface area contributed by atoms with Gasteiger partial charge in [0.25, 0.3) is 5.91 Å². The summed E-state index contributed by atoms with van der Waals surface area (Å²) in [6, 6.07) is 34.5. The molecule has 5 aromatic rings. The van der Waals surface area contributed by atoms with E-state index in [1.54, 1.807) is 70.8 Å². The maximum Gasteiger partial charge on any atom is 0.255 e. The molecule has 1 aromatic heterocycles. The molecular weight excluding hydrogens is 546 g/mol. The number of amides is 3. The summed E-state index contributed by atoms with van der Waals surface area (Å²) in [5, 5.41) is 10.6. The van der Waals surface area contributed by atoms with Crippen LogP contribution in [0.15, 0.2) is 121 Å². The van der Waals surface area contributed by atoms with Crippen LogP contribution in [0.1, 0.15) is 10.4 Å². The lowest BCUT2D eigenvalue weighted by molar-refractivity contribution is -0.115. The quantitative estimate of drug-likeness (QED) is 0.145. The number of carbonyl (C=O) groups excluding carboxylic acids is 3. The first-order valence-corrected chi connectivity index (χ1v) is 14.1. The summed E-state index contributed by atoms with van der Waals surface area (Å²) >= 11 is 1.60. The SMILES string of the molecule is Nc1ccc(-c2cccs2)cc1NC(=O)c1ccc(N(CC(=O)Nc2ccccc2)CC(=O)Nc2ccccc2)cc1. The van der Waals surface area contributed by atoms with Gasteiger partial charge in [-0.2, -0.15) is 0 Å². The fourth-order valence-corrected chi connectivity index (χ4v) is 5.03. The molecule has 0 unspecified atom stereocenters. The fourth-order valence-electron chi connectivity index (χ4n) is 4.31. The van der Waals surface area contributed by atoms with Gasteiger partial charge in [0.1, 0.15) is 0 Å². The van der Waals surface area contributed by atoms with Crippen LogP contribution < -0.4 is 26.6 Å². The molecule has 8 nitrogen and oxygen atoms in total. The van der Waals surface area contributed by atoms with Crippen molar-refractivity contribution in [2.45, 2.75) is 0 Å². The number of nitrogens with zero attached hydrogens (tertiary/aromatic N) is 1. The first kappa shape index (κ1) is 28.1. The number of para-hydroxylation sites is 2. The zero-order valence-electron chi connectivity index (χ0n) is 22.6. The van der Waals surface area contributed by atoms with E-state index in [-0.39, 0.29) is 30.8 Å². The second kappa shape index (κ2) is 13.3. The monoisotopic (exact) mass is 575 g/mol. The van der Waals surface area contributed by atoms with Crippen molar-refractivity contribution in [3.05, 3.63) is 126 Å². The van der Waals surface area contributed by atoms with E-state index in [2.05, 4.69) is 16.0 Å². The Morgan fingerprint density at radius 3 is 1.81 bits per heavy atom. The number of hydrogen-bond donors (Lipinski definition) is 4. The number of thiophene rings is 1. The van der Waals surface area contributed by atoms with Gasteiger partial charge in [0.15, 0.2) is 0 Å². The summed E-state index contributed by atoms with van der Waals surface area (Å²) < 4.78 is 0. The Labute approximate surface area is 247 Å². The summed E-state index contributed by atoms with van der Waals surface area (Å²) in [6.07, 6.45) is 0. The Balaban J connectivity index is 1.31. The molecule has 4 aromatic carbocycles. The number of nitrogens with two attached hydrogens (primary N) is 1. The van der Waals surface area contributed by atoms with Gasteiger partial charge in [-0.15, -0.1) is 11.3 Å². The minimum Gasteiger partial charge on any atom is -0.397 e. The largest absolute Gasteiger partial charge is 0.397 e. The van der Waals surface area contributed by atoms with E-state index in [0.29, 0.717) is 34.0 Å². The van der Waals surface area contributed by atoms with Crippen molar-refractivity contribution in [2.24, 2.45) is 0 Å². The van der Waals surface area contributed by atoms with Crippen LogP contribution in [0.5, 0.6) is 0 Å². The number of nitrogen functional groups attached to an aromatic ring is 1. The van der Waals surface area contributed by atoms with Crippen LogP contribution in [-0.4, -0.2) is 30.8 Å². The van der Waals surface area contributed by atoms with Crippen molar-refractivity contribution in [3.8, 4) is 10.4 Å². The molecule has 0 atom stereocenters. The second-order valence-corrected chi connectivity index (χ2v) is 10.4. The van der Waals surface area contributed by atoms with Gasteiger partial charge in [-0.25, -0.2) is 0 Å². The predicted octanol–water partition coefficient (Wildman–Crippen LogP) is 6.33. The van der Waals surface area contributed by atoms with Gasteiger partial charge in [0.2, 0.25) is 11.8 Å². The minimum absolute atomic E-state index is 0.0747. The fraction of sp³-hybridized carbons (Fsp3) is 0.0606. The summed E-state index contributed by atoms with van der Waals surface area (Å²) in [6.45, 7) is -0.149. The number of carbonyl (C=O) groups is 3. The summed E-state index contributed by atoms with van der Waals surface area (Å²) in [4.78, 5) is 41.6. The molecule has 0 bridgehead atoms. The van der Waals surface area contributed by atoms with Gasteiger partial charge in [-0.05, 0) is 77.7 Å². The van der Waals surface area contributed by atoms with E-state index in [9.17, 15) is 14.4 Å². The van der Waals surface area contributed by atoms with E-state index >= 15 is 0 Å². The standard InChI is InChI=1S/C33H29N5O3S/c34-28-18-15-24(30-12-7-19-42-30)20-29(28)37-33(41)23-13-16-27(17-14-23)38(21-31(39)35-25-8-3-1-4-9-25)22-32(40)36-26-10-5-2-6-11-26/h1-20H,21-22,34H2,(H,35,39)(H,36,40)(H,37,41). The highest BCUT2D eigenvalue weighted by molar-refractivity contribution is 7.13. The van der Waals surface area contributed by atoms with Gasteiger partial charge in [0, 0.05) is 27.5 Å². The number of benzene rings is 4. The van der Waals surface area contributed by atoms with Crippen molar-refractivity contribution >= 4 is 57.5 Å². The lowest BCUT2D eigenvalue weighted by atomic mass is 10.1. The lowest BCUT2D eigenvalue weighted by Gasteiger charge is -2.24. The van der Waals surface area contributed by atoms with Gasteiger partial charge in [-0.1, -0.05) is 48.5 Å². The predicted molar refractivity (Wildman–Crippen MR) is 171 cm³/mol. The highest BCUT2D eigenvalue weighted by Crippen LogP contribution is 2.30. The maximum absolute atomic E-state index is 13.1. The normalized spacial score (nSPS) is 10.5. The van der Waals surface area contributed by atoms with E-state index in [4.69, 9.17) is 5.73 Å². The third kappa shape index (κ3) is 7.41. The van der Waals surface area contributed by atoms with Crippen LogP contribution in [0, 0.1) is 0 Å². The smallest absolute Gasteiger partial charge is 0.255 e. The number of rotatable bonds is 10. The summed E-state index contributed by atoms with van der Waals surface area (Å²) in [7, 11) is 0. The Hall–Kier alpha value is -5.41. The highest BCUT2D eigenvalue weighted by atomic mass is 32.1. The third-order valence-electron chi connectivity index (χ3n) is 6.39. The first-order chi connectivity index (χ1) is 20.4. The van der Waals surface area contributed by atoms with E-state index < -0.39 is 0 Å². The van der Waals surface area contributed by atoms with Crippen LogP contribution in [0.4, 0.5) is 28.4 Å². The molecule has 0 aliphatic heterocycles.